The van der Waals surface area contributed by atoms with Crippen LogP contribution in [0.25, 0.3) is 11.3 Å². The highest BCUT2D eigenvalue weighted by atomic mass is 31.2. The summed E-state index contributed by atoms with van der Waals surface area (Å²) < 4.78 is 55.0. The number of nitrogens with two attached hydrogens (primary N) is 1. The smallest absolute Gasteiger partial charge is 0.474 e. The number of hydrogen-bond acceptors (Lipinski definition) is 15. The molecular weight excluding hydrogens is 801 g/mol. The van der Waals surface area contributed by atoms with Gasteiger partial charge in [0.15, 0.2) is 12.6 Å². The molecule has 2 unspecified atom stereocenters. The van der Waals surface area contributed by atoms with Crippen LogP contribution in [0.3, 0.4) is 0 Å². The van der Waals surface area contributed by atoms with E-state index in [-0.39, 0.29) is 43.3 Å². The molecule has 2 N–H and O–H groups in total. The van der Waals surface area contributed by atoms with Crippen LogP contribution in [0.1, 0.15) is 101 Å². The van der Waals surface area contributed by atoms with E-state index in [9.17, 15) is 9.36 Å². The van der Waals surface area contributed by atoms with Gasteiger partial charge < -0.3 is 39.4 Å². The maximum Gasteiger partial charge on any atom is 0.478 e. The Morgan fingerprint density at radius 3 is 2.11 bits per heavy atom. The molecule has 0 spiro atoms. The maximum absolute atomic E-state index is 13.6. The molecule has 61 heavy (non-hydrogen) atoms. The van der Waals surface area contributed by atoms with Gasteiger partial charge >= 0.3 is 13.9 Å². The molecule has 1 aromatic carbocycles. The van der Waals surface area contributed by atoms with E-state index in [1.165, 1.54) is 0 Å². The molecule has 3 saturated heterocycles. The Bertz CT molecular complexity index is 2010. The zero-order chi connectivity index (χ0) is 43.7. The van der Waals surface area contributed by atoms with Gasteiger partial charge in [-0.1, -0.05) is 12.1 Å². The van der Waals surface area contributed by atoms with Gasteiger partial charge in [-0.2, -0.15) is 0 Å². The fraction of sp³-hybridized carbons (Fsp3) is 0.636. The lowest BCUT2D eigenvalue weighted by molar-refractivity contribution is -0.110. The van der Waals surface area contributed by atoms with E-state index < -0.39 is 24.6 Å². The van der Waals surface area contributed by atoms with Gasteiger partial charge in [0.25, 0.3) is 0 Å². The Morgan fingerprint density at radius 2 is 1.48 bits per heavy atom. The minimum Gasteiger partial charge on any atom is -0.474 e. The lowest BCUT2D eigenvalue weighted by atomic mass is 9.91. The number of amides is 1. The van der Waals surface area contributed by atoms with Crippen molar-refractivity contribution in [2.75, 3.05) is 48.5 Å². The molecule has 1 aliphatic carbocycles. The Hall–Kier alpha value is -4.21. The number of nitrogens with zero attached hydrogens (tertiary/aromatic N) is 6. The number of carbonyl (C=O) groups is 1. The average molecular weight is 866 g/mol. The van der Waals surface area contributed by atoms with Crippen molar-refractivity contribution in [3.63, 3.8) is 0 Å². The second kappa shape index (κ2) is 17.9. The van der Waals surface area contributed by atoms with Crippen molar-refractivity contribution in [1.82, 2.24) is 20.1 Å². The molecule has 2 atom stereocenters. The molecule has 3 aliphatic heterocycles. The van der Waals surface area contributed by atoms with Crippen LogP contribution in [0.5, 0.6) is 11.6 Å². The molecule has 7 rings (SSSR count). The summed E-state index contributed by atoms with van der Waals surface area (Å²) in [4.78, 5) is 23.6. The number of fused-ring (bicyclic) bond motifs is 2. The third-order valence-electron chi connectivity index (χ3n) is 10.8. The molecule has 0 radical (unpaired) electrons. The quantitative estimate of drug-likeness (QED) is 0.128. The van der Waals surface area contributed by atoms with E-state index in [0.29, 0.717) is 41.8 Å². The standard InChI is InChI=1S/C44H64N7O9P/c1-42(2,3)58-41(52)49-20-17-32(18-21-49)56-33-23-34(24-33)57-39-22-29(16-19-46-39)51-30-14-15-31(51)27-50(26-30)37-25-36(47-48-40(37)45)35-12-10-11-13-38(35)54-28-55-61(53,59-43(4,5)6)60-44(7,8)9/h10-13,16,19,22,25,30-34H,14-15,17-18,20-21,23-24,26-28H2,1-9H3,(H2,45,48). The molecule has 2 aromatic heterocycles. The summed E-state index contributed by atoms with van der Waals surface area (Å²) >= 11 is 0. The number of para-hydroxylation sites is 1. The molecule has 2 bridgehead atoms. The highest BCUT2D eigenvalue weighted by Crippen LogP contribution is 2.55. The molecule has 1 saturated carbocycles. The lowest BCUT2D eigenvalue weighted by Gasteiger charge is -2.43. The second-order valence-electron chi connectivity index (χ2n) is 19.4. The van der Waals surface area contributed by atoms with Crippen molar-refractivity contribution in [3.8, 4) is 22.9 Å². The molecular formula is C44H64N7O9P. The summed E-state index contributed by atoms with van der Waals surface area (Å²) in [6, 6.07) is 14.0. The van der Waals surface area contributed by atoms with Gasteiger partial charge in [-0.25, -0.2) is 18.9 Å². The number of rotatable bonds is 13. The van der Waals surface area contributed by atoms with Gasteiger partial charge in [0, 0.05) is 74.6 Å². The normalized spacial score (nSPS) is 22.5. The minimum absolute atomic E-state index is 0.0503. The van der Waals surface area contributed by atoms with Crippen LogP contribution in [-0.2, 0) is 27.6 Å². The fourth-order valence-electron chi connectivity index (χ4n) is 8.29. The number of nitrogen functional groups attached to an aromatic ring is 1. The number of piperidine rings is 1. The van der Waals surface area contributed by atoms with Crippen LogP contribution in [0.15, 0.2) is 48.7 Å². The van der Waals surface area contributed by atoms with Gasteiger partial charge in [0.05, 0.1) is 34.8 Å². The predicted octanol–water partition coefficient (Wildman–Crippen LogP) is 8.40. The van der Waals surface area contributed by atoms with E-state index in [4.69, 9.17) is 38.3 Å². The summed E-state index contributed by atoms with van der Waals surface area (Å²) in [5.74, 6) is 1.44. The number of phosphoric acid groups is 1. The molecule has 1 amide bonds. The summed E-state index contributed by atoms with van der Waals surface area (Å²) in [5, 5.41) is 8.83. The van der Waals surface area contributed by atoms with Gasteiger partial charge in [-0.15, -0.1) is 10.2 Å². The summed E-state index contributed by atoms with van der Waals surface area (Å²) in [6.07, 6.45) is 7.24. The van der Waals surface area contributed by atoms with Crippen molar-refractivity contribution in [2.24, 2.45) is 0 Å². The van der Waals surface area contributed by atoms with Gasteiger partial charge in [-0.05, 0) is 112 Å². The number of anilines is 3. The zero-order valence-corrected chi connectivity index (χ0v) is 38.1. The fourth-order valence-corrected chi connectivity index (χ4v) is 9.96. The number of likely N-dealkylation sites (tertiary alicyclic amines) is 1. The Kier molecular flexibility index (Phi) is 13.1. The van der Waals surface area contributed by atoms with Crippen LogP contribution >= 0.6 is 7.82 Å². The number of aromatic nitrogens is 3. The number of carbonyl (C=O) groups excluding carboxylic acids is 1. The van der Waals surface area contributed by atoms with E-state index in [2.05, 4.69) is 37.1 Å². The van der Waals surface area contributed by atoms with Crippen molar-refractivity contribution < 1.29 is 41.9 Å². The number of phosphoric ester groups is 1. The first-order valence-corrected chi connectivity index (χ1v) is 23.0. The lowest BCUT2D eigenvalue weighted by Crippen LogP contribution is -2.54. The first-order valence-electron chi connectivity index (χ1n) is 21.5. The van der Waals surface area contributed by atoms with Crippen LogP contribution in [0.4, 0.5) is 22.0 Å². The number of hydrogen-bond donors (Lipinski definition) is 1. The third-order valence-corrected chi connectivity index (χ3v) is 12.8. The Balaban J connectivity index is 0.934. The van der Waals surface area contributed by atoms with Crippen LogP contribution < -0.4 is 25.0 Å². The highest BCUT2D eigenvalue weighted by molar-refractivity contribution is 7.48. The minimum atomic E-state index is -3.98. The number of benzene rings is 1. The monoisotopic (exact) mass is 865 g/mol. The van der Waals surface area contributed by atoms with Gasteiger partial charge in [0.2, 0.25) is 5.88 Å². The highest BCUT2D eigenvalue weighted by Gasteiger charge is 2.42. The number of piperazine rings is 1. The number of pyridine rings is 1. The third kappa shape index (κ3) is 11.8. The first-order chi connectivity index (χ1) is 28.7. The summed E-state index contributed by atoms with van der Waals surface area (Å²) in [5.41, 5.74) is 7.62. The molecule has 5 heterocycles. The van der Waals surface area contributed by atoms with E-state index in [1.54, 1.807) is 52.5 Å². The number of ether oxygens (including phenoxy) is 4. The Morgan fingerprint density at radius 1 is 0.820 bits per heavy atom. The van der Waals surface area contributed by atoms with Crippen molar-refractivity contribution in [3.05, 3.63) is 48.7 Å². The largest absolute Gasteiger partial charge is 0.478 e. The molecule has 17 heteroatoms. The SMILES string of the molecule is CC(C)(C)OC(=O)N1CCC(OC2CC(Oc3cc(N4C5CCC4CN(c4cc(-c6ccccc6OCOP(=O)(OC(C)(C)C)OC(C)(C)C)nnc4N)C5)ccn3)C2)CC1. The van der Waals surface area contributed by atoms with E-state index in [0.717, 1.165) is 63.0 Å². The Labute approximate surface area is 360 Å². The zero-order valence-electron chi connectivity index (χ0n) is 37.2. The van der Waals surface area contributed by atoms with Crippen molar-refractivity contribution in [1.29, 1.82) is 0 Å². The average Bonchev–Trinajstić information content (AvgIpc) is 3.41. The van der Waals surface area contributed by atoms with Crippen LogP contribution in [0, 0.1) is 0 Å². The van der Waals surface area contributed by atoms with E-state index in [1.807, 2.05) is 51.2 Å². The summed E-state index contributed by atoms with van der Waals surface area (Å²) in [7, 11) is -3.98. The molecule has 4 fully saturated rings. The van der Waals surface area contributed by atoms with Crippen LogP contribution in [0.2, 0.25) is 0 Å². The van der Waals surface area contributed by atoms with Crippen LogP contribution in [-0.4, -0.2) is 106 Å². The molecule has 3 aromatic rings. The van der Waals surface area contributed by atoms with Gasteiger partial charge in [0.1, 0.15) is 17.5 Å². The summed E-state index contributed by atoms with van der Waals surface area (Å²) in [6.45, 7) is 18.8. The van der Waals surface area contributed by atoms with Gasteiger partial charge in [-0.3, -0.25) is 9.05 Å². The topological polar surface area (TPSA) is 173 Å². The molecule has 16 nitrogen and oxygen atoms in total. The maximum atomic E-state index is 13.6. The molecule has 334 valence electrons. The molecule has 4 aliphatic rings. The second-order valence-corrected chi connectivity index (χ2v) is 20.9. The van der Waals surface area contributed by atoms with Crippen molar-refractivity contribution >= 4 is 31.1 Å². The van der Waals surface area contributed by atoms with Crippen molar-refractivity contribution in [2.45, 2.75) is 148 Å². The predicted molar refractivity (Wildman–Crippen MR) is 233 cm³/mol. The first kappa shape index (κ1) is 44.8. The van der Waals surface area contributed by atoms with E-state index >= 15 is 0 Å².